The summed E-state index contributed by atoms with van der Waals surface area (Å²) in [6.45, 7) is 11.7. The van der Waals surface area contributed by atoms with Gasteiger partial charge in [0.25, 0.3) is 10.0 Å². The summed E-state index contributed by atoms with van der Waals surface area (Å²) in [6, 6.07) is 1.55. The number of likely N-dealkylation sites (tertiary alicyclic amines) is 2. The van der Waals surface area contributed by atoms with Crippen LogP contribution >= 0.6 is 0 Å². The van der Waals surface area contributed by atoms with Gasteiger partial charge in [-0.3, -0.25) is 4.90 Å². The molecule has 10 heteroatoms. The maximum atomic E-state index is 12.9. The van der Waals surface area contributed by atoms with Crippen LogP contribution in [0.25, 0.3) is 0 Å². The molecule has 3 amide bonds. The molecule has 2 N–H and O–H groups in total. The number of nitrogens with zero attached hydrogens (tertiary/aromatic N) is 2. The van der Waals surface area contributed by atoms with Crippen molar-refractivity contribution in [2.24, 2.45) is 0 Å². The lowest BCUT2D eigenvalue weighted by Crippen LogP contribution is -2.63. The molecule has 0 bridgehead atoms. The maximum absolute atomic E-state index is 12.9. The van der Waals surface area contributed by atoms with E-state index in [4.69, 9.17) is 4.74 Å². The van der Waals surface area contributed by atoms with Gasteiger partial charge in [0.2, 0.25) is 0 Å². The zero-order chi connectivity index (χ0) is 28.9. The molecule has 2 atom stereocenters. The van der Waals surface area contributed by atoms with Crippen LogP contribution in [-0.2, 0) is 40.4 Å². The van der Waals surface area contributed by atoms with E-state index in [2.05, 4.69) is 27.9 Å². The van der Waals surface area contributed by atoms with Crippen LogP contribution in [0.15, 0.2) is 17.6 Å². The minimum Gasteiger partial charge on any atom is -0.444 e. The monoisotopic (exact) mass is 572 g/mol. The van der Waals surface area contributed by atoms with Crippen LogP contribution in [0.4, 0.5) is 15.3 Å². The van der Waals surface area contributed by atoms with Crippen LogP contribution in [0.2, 0.25) is 0 Å². The number of hydrogen-bond donors (Lipinski definition) is 2. The predicted octanol–water partition coefficient (Wildman–Crippen LogP) is 4.88. The molecular weight excluding hydrogens is 528 g/mol. The number of urea groups is 1. The molecule has 0 aromatic heterocycles. The second-order valence-electron chi connectivity index (χ2n) is 13.4. The number of benzene rings is 1. The highest BCUT2D eigenvalue weighted by molar-refractivity contribution is 7.92. The average molecular weight is 573 g/mol. The fourth-order valence-corrected chi connectivity index (χ4v) is 7.65. The lowest BCUT2D eigenvalue weighted by molar-refractivity contribution is -0.0258. The van der Waals surface area contributed by atoms with Gasteiger partial charge in [0.1, 0.15) is 5.60 Å². The van der Waals surface area contributed by atoms with Gasteiger partial charge in [0.05, 0.1) is 5.54 Å². The molecule has 2 saturated heterocycles. The van der Waals surface area contributed by atoms with Gasteiger partial charge in [-0.05, 0) is 115 Å². The molecular formula is C30H44N4O5S. The van der Waals surface area contributed by atoms with Crippen molar-refractivity contribution in [1.29, 1.82) is 0 Å². The van der Waals surface area contributed by atoms with Crippen LogP contribution in [0.3, 0.4) is 0 Å². The summed E-state index contributed by atoms with van der Waals surface area (Å²) in [6.07, 6.45) is 9.83. The Hall–Kier alpha value is -2.59. The van der Waals surface area contributed by atoms with Gasteiger partial charge in [-0.25, -0.2) is 22.7 Å². The number of anilines is 1. The summed E-state index contributed by atoms with van der Waals surface area (Å²) in [5.74, 6) is 0. The van der Waals surface area contributed by atoms with E-state index < -0.39 is 32.7 Å². The number of aryl methyl sites for hydroxylation is 2. The predicted molar refractivity (Wildman–Crippen MR) is 156 cm³/mol. The first-order valence-electron chi connectivity index (χ1n) is 14.6. The smallest absolute Gasteiger partial charge is 0.410 e. The van der Waals surface area contributed by atoms with Gasteiger partial charge in [-0.1, -0.05) is 12.1 Å². The van der Waals surface area contributed by atoms with E-state index in [1.54, 1.807) is 6.08 Å². The quantitative estimate of drug-likeness (QED) is 0.503. The number of nitrogens with one attached hydrogen (secondary N) is 2. The van der Waals surface area contributed by atoms with Crippen molar-refractivity contribution in [3.05, 3.63) is 39.8 Å². The van der Waals surface area contributed by atoms with Crippen molar-refractivity contribution in [3.8, 4) is 0 Å². The van der Waals surface area contributed by atoms with Gasteiger partial charge >= 0.3 is 12.1 Å². The summed E-state index contributed by atoms with van der Waals surface area (Å²) >= 11 is 0. The van der Waals surface area contributed by atoms with Gasteiger partial charge in [-0.15, -0.1) is 0 Å². The van der Waals surface area contributed by atoms with E-state index in [0.29, 0.717) is 13.1 Å². The molecule has 40 heavy (non-hydrogen) atoms. The molecule has 0 spiro atoms. The molecule has 2 aliphatic carbocycles. The molecule has 0 saturated carbocycles. The zero-order valence-electron chi connectivity index (χ0n) is 24.6. The SMILES string of the molecule is CC(C)(C)OC(=O)N1CCCC1(C)CN1CCC1(C)/C=C/S(=O)(=O)NC(=O)Nc1c2c(cc3c1CCC3)CCC2. The van der Waals surface area contributed by atoms with Crippen molar-refractivity contribution in [2.45, 2.75) is 109 Å². The second-order valence-corrected chi connectivity index (χ2v) is 15.0. The van der Waals surface area contributed by atoms with Crippen LogP contribution in [-0.4, -0.2) is 66.7 Å². The van der Waals surface area contributed by atoms with E-state index in [9.17, 15) is 18.0 Å². The van der Waals surface area contributed by atoms with Crippen LogP contribution in [0, 0.1) is 0 Å². The van der Waals surface area contributed by atoms with Crippen LogP contribution in [0.5, 0.6) is 0 Å². The highest BCUT2D eigenvalue weighted by atomic mass is 32.2. The van der Waals surface area contributed by atoms with Gasteiger partial charge in [0, 0.05) is 36.3 Å². The summed E-state index contributed by atoms with van der Waals surface area (Å²) in [5, 5.41) is 4.01. The van der Waals surface area contributed by atoms with E-state index in [1.807, 2.05) is 32.6 Å². The van der Waals surface area contributed by atoms with Crippen molar-refractivity contribution < 1.29 is 22.7 Å². The molecule has 0 radical (unpaired) electrons. The third kappa shape index (κ3) is 5.88. The Bertz CT molecular complexity index is 1300. The summed E-state index contributed by atoms with van der Waals surface area (Å²) in [7, 11) is -4.00. The number of amides is 3. The summed E-state index contributed by atoms with van der Waals surface area (Å²) < 4.78 is 33.7. The number of ether oxygens (including phenoxy) is 1. The Morgan fingerprint density at radius 3 is 2.23 bits per heavy atom. The highest BCUT2D eigenvalue weighted by Crippen LogP contribution is 2.40. The van der Waals surface area contributed by atoms with E-state index in [0.717, 1.165) is 86.6 Å². The van der Waals surface area contributed by atoms with E-state index >= 15 is 0 Å². The molecule has 9 nitrogen and oxygen atoms in total. The first-order chi connectivity index (χ1) is 18.7. The molecule has 2 heterocycles. The molecule has 220 valence electrons. The zero-order valence-corrected chi connectivity index (χ0v) is 25.4. The van der Waals surface area contributed by atoms with Crippen molar-refractivity contribution in [1.82, 2.24) is 14.5 Å². The Morgan fingerprint density at radius 1 is 1.00 bits per heavy atom. The van der Waals surface area contributed by atoms with Crippen molar-refractivity contribution in [3.63, 3.8) is 0 Å². The Morgan fingerprint density at radius 2 is 1.65 bits per heavy atom. The normalized spacial score (nSPS) is 26.5. The first-order valence-corrected chi connectivity index (χ1v) is 16.2. The van der Waals surface area contributed by atoms with Crippen molar-refractivity contribution in [2.75, 3.05) is 25.0 Å². The third-order valence-corrected chi connectivity index (χ3v) is 10.0. The van der Waals surface area contributed by atoms with Crippen molar-refractivity contribution >= 4 is 27.8 Å². The molecule has 1 aromatic rings. The Labute approximate surface area is 238 Å². The minimum absolute atomic E-state index is 0.308. The lowest BCUT2D eigenvalue weighted by atomic mass is 9.84. The number of carbonyl (C=O) groups is 2. The number of sulfonamides is 1. The molecule has 2 unspecified atom stereocenters. The number of fused-ring (bicyclic) bond motifs is 2. The molecule has 5 rings (SSSR count). The Kier molecular flexibility index (Phi) is 7.48. The lowest BCUT2D eigenvalue weighted by Gasteiger charge is -2.53. The van der Waals surface area contributed by atoms with Crippen LogP contribution < -0.4 is 10.0 Å². The topological polar surface area (TPSA) is 108 Å². The fraction of sp³-hybridized carbons (Fsp3) is 0.667. The summed E-state index contributed by atoms with van der Waals surface area (Å²) in [4.78, 5) is 29.8. The number of rotatable bonds is 6. The van der Waals surface area contributed by atoms with Gasteiger partial charge in [0.15, 0.2) is 0 Å². The fourth-order valence-electron chi connectivity index (χ4n) is 6.80. The summed E-state index contributed by atoms with van der Waals surface area (Å²) in [5.41, 5.74) is 4.22. The minimum atomic E-state index is -4.00. The largest absolute Gasteiger partial charge is 0.444 e. The highest BCUT2D eigenvalue weighted by Gasteiger charge is 2.48. The second kappa shape index (κ2) is 10.4. The maximum Gasteiger partial charge on any atom is 0.410 e. The van der Waals surface area contributed by atoms with E-state index in [1.165, 1.54) is 11.1 Å². The molecule has 4 aliphatic rings. The van der Waals surface area contributed by atoms with Gasteiger partial charge in [-0.2, -0.15) is 0 Å². The molecule has 2 aliphatic heterocycles. The molecule has 2 fully saturated rings. The third-order valence-electron chi connectivity index (χ3n) is 9.06. The van der Waals surface area contributed by atoms with E-state index in [-0.39, 0.29) is 6.09 Å². The average Bonchev–Trinajstić information content (AvgIpc) is 3.59. The standard InChI is InChI=1S/C30H44N4O5S/c1-28(2,3)39-27(36)34-16-8-13-30(34,5)20-33-17-14-29(33,4)15-18-40(37,38)32-26(35)31-25-23-11-6-9-21(23)19-22-10-7-12-24(22)25/h15,18-19H,6-14,16-17,20H2,1-5H3,(H2,31,32,35)/b18-15+. The van der Waals surface area contributed by atoms with Crippen LogP contribution in [0.1, 0.15) is 89.0 Å². The number of carbonyl (C=O) groups excluding carboxylic acids is 2. The Balaban J connectivity index is 1.23. The number of hydrogen-bond acceptors (Lipinski definition) is 6. The van der Waals surface area contributed by atoms with Gasteiger partial charge < -0.3 is 15.0 Å². The first kappa shape index (κ1) is 28.9. The molecule has 1 aromatic carbocycles.